The summed E-state index contributed by atoms with van der Waals surface area (Å²) in [7, 11) is 1.92. The molecule has 7 heteroatoms. The van der Waals surface area contributed by atoms with Crippen molar-refractivity contribution >= 4 is 11.7 Å². The Kier molecular flexibility index (Phi) is 4.95. The molecule has 2 rings (SSSR count). The molecule has 1 aromatic heterocycles. The zero-order valence-corrected chi connectivity index (χ0v) is 12.8. The van der Waals surface area contributed by atoms with Crippen molar-refractivity contribution in [1.82, 2.24) is 10.2 Å². The number of hydrogen-bond donors (Lipinski definition) is 2. The fourth-order valence-corrected chi connectivity index (χ4v) is 2.56. The predicted molar refractivity (Wildman–Crippen MR) is 80.9 cm³/mol. The van der Waals surface area contributed by atoms with Crippen molar-refractivity contribution in [2.24, 2.45) is 10.9 Å². The van der Waals surface area contributed by atoms with Gasteiger partial charge in [0.25, 0.3) is 0 Å². The van der Waals surface area contributed by atoms with Crippen LogP contribution in [0.4, 0.5) is 5.82 Å². The number of nitrogens with two attached hydrogens (primary N) is 1. The zero-order valence-electron chi connectivity index (χ0n) is 12.8. The van der Waals surface area contributed by atoms with Crippen molar-refractivity contribution in [2.75, 3.05) is 25.1 Å². The highest BCUT2D eigenvalue weighted by molar-refractivity contribution is 6.02. The Bertz CT molecular complexity index is 526. The molecule has 1 fully saturated rings. The van der Waals surface area contributed by atoms with Crippen LogP contribution in [0.15, 0.2) is 5.16 Å². The Labute approximate surface area is 124 Å². The van der Waals surface area contributed by atoms with Gasteiger partial charge in [0.15, 0.2) is 11.7 Å². The molecule has 1 atom stereocenters. The van der Waals surface area contributed by atoms with E-state index < -0.39 is 0 Å². The van der Waals surface area contributed by atoms with Gasteiger partial charge in [0.1, 0.15) is 0 Å². The molecule has 1 aliphatic rings. The quantitative estimate of drug-likeness (QED) is 0.375. The lowest BCUT2D eigenvalue weighted by Gasteiger charge is -2.29. The van der Waals surface area contributed by atoms with Gasteiger partial charge in [0, 0.05) is 20.2 Å². The van der Waals surface area contributed by atoms with E-state index in [9.17, 15) is 0 Å². The van der Waals surface area contributed by atoms with Gasteiger partial charge in [-0.2, -0.15) is 5.10 Å². The number of ether oxygens (including phenoxy) is 1. The van der Waals surface area contributed by atoms with Gasteiger partial charge in [0.2, 0.25) is 0 Å². The van der Waals surface area contributed by atoms with Gasteiger partial charge >= 0.3 is 0 Å². The number of aromatic nitrogens is 2. The number of anilines is 1. The molecule has 0 amide bonds. The summed E-state index contributed by atoms with van der Waals surface area (Å²) >= 11 is 0. The summed E-state index contributed by atoms with van der Waals surface area (Å²) in [5.74, 6) is 0.666. The van der Waals surface area contributed by atoms with Crippen LogP contribution < -0.4 is 10.6 Å². The number of nitrogens with zero attached hydrogens (tertiary/aromatic N) is 4. The normalized spacial score (nSPS) is 19.6. The van der Waals surface area contributed by atoms with Gasteiger partial charge in [0.05, 0.1) is 17.4 Å². The molecule has 0 aromatic carbocycles. The second kappa shape index (κ2) is 6.71. The van der Waals surface area contributed by atoms with Crippen LogP contribution in [0, 0.1) is 13.8 Å². The first kappa shape index (κ1) is 15.5. The molecule has 3 N–H and O–H groups in total. The largest absolute Gasteiger partial charge is 0.409 e. The number of oxime groups is 1. The summed E-state index contributed by atoms with van der Waals surface area (Å²) in [4.78, 5) is 1.96. The van der Waals surface area contributed by atoms with Crippen LogP contribution in [0.2, 0.25) is 0 Å². The second-order valence-corrected chi connectivity index (χ2v) is 5.46. The Balaban J connectivity index is 2.27. The average Bonchev–Trinajstić information content (AvgIpc) is 2.50. The van der Waals surface area contributed by atoms with E-state index >= 15 is 0 Å². The first-order valence-corrected chi connectivity index (χ1v) is 7.19. The Hall–Kier alpha value is -1.89. The first-order chi connectivity index (χ1) is 10.0. The number of hydrogen-bond acceptors (Lipinski definition) is 6. The summed E-state index contributed by atoms with van der Waals surface area (Å²) in [5, 5.41) is 20.5. The topological polar surface area (TPSA) is 96.9 Å². The smallest absolute Gasteiger partial charge is 0.174 e. The minimum absolute atomic E-state index is 0.0527. The molecule has 1 aliphatic heterocycles. The maximum Gasteiger partial charge on any atom is 0.174 e. The summed E-state index contributed by atoms with van der Waals surface area (Å²) in [6.45, 7) is 5.27. The molecule has 0 radical (unpaired) electrons. The van der Waals surface area contributed by atoms with Crippen LogP contribution in [0.25, 0.3) is 0 Å². The van der Waals surface area contributed by atoms with E-state index in [4.69, 9.17) is 15.7 Å². The van der Waals surface area contributed by atoms with Crippen LogP contribution in [0.5, 0.6) is 0 Å². The molecule has 2 heterocycles. The van der Waals surface area contributed by atoms with Crippen molar-refractivity contribution in [3.8, 4) is 0 Å². The molecular weight excluding hydrogens is 270 g/mol. The monoisotopic (exact) mass is 293 g/mol. The van der Waals surface area contributed by atoms with Gasteiger partial charge < -0.3 is 20.6 Å². The molecule has 0 saturated carbocycles. The van der Waals surface area contributed by atoms with Crippen LogP contribution in [0.3, 0.4) is 0 Å². The first-order valence-electron chi connectivity index (χ1n) is 7.19. The number of aryl methyl sites for hydroxylation is 1. The molecule has 0 bridgehead atoms. The minimum atomic E-state index is 0.0527. The molecule has 1 saturated heterocycles. The zero-order chi connectivity index (χ0) is 15.4. The molecule has 0 aliphatic carbocycles. The Morgan fingerprint density at radius 1 is 1.43 bits per heavy atom. The summed E-state index contributed by atoms with van der Waals surface area (Å²) in [6, 6.07) is 0. The van der Waals surface area contributed by atoms with E-state index in [2.05, 4.69) is 15.4 Å². The fourth-order valence-electron chi connectivity index (χ4n) is 2.56. The number of amidine groups is 1. The average molecular weight is 293 g/mol. The van der Waals surface area contributed by atoms with Gasteiger partial charge in [-0.1, -0.05) is 5.16 Å². The van der Waals surface area contributed by atoms with Crippen LogP contribution >= 0.6 is 0 Å². The Morgan fingerprint density at radius 2 is 2.19 bits per heavy atom. The van der Waals surface area contributed by atoms with E-state index in [1.807, 2.05) is 25.8 Å². The highest BCUT2D eigenvalue weighted by Gasteiger charge is 2.22. The highest BCUT2D eigenvalue weighted by atomic mass is 16.5. The lowest BCUT2D eigenvalue weighted by atomic mass is 10.1. The van der Waals surface area contributed by atoms with Gasteiger partial charge in [-0.15, -0.1) is 5.10 Å². The molecule has 116 valence electrons. The predicted octanol–water partition coefficient (Wildman–Crippen LogP) is 1.19. The van der Waals surface area contributed by atoms with E-state index in [1.165, 1.54) is 6.42 Å². The highest BCUT2D eigenvalue weighted by Crippen LogP contribution is 2.23. The van der Waals surface area contributed by atoms with Crippen molar-refractivity contribution < 1.29 is 9.94 Å². The third-order valence-corrected chi connectivity index (χ3v) is 3.91. The van der Waals surface area contributed by atoms with Gasteiger partial charge in [-0.3, -0.25) is 0 Å². The molecular formula is C14H23N5O2. The van der Waals surface area contributed by atoms with E-state index in [1.54, 1.807) is 0 Å². The Morgan fingerprint density at radius 3 is 2.81 bits per heavy atom. The van der Waals surface area contributed by atoms with Crippen molar-refractivity contribution in [3.63, 3.8) is 0 Å². The third-order valence-electron chi connectivity index (χ3n) is 3.91. The van der Waals surface area contributed by atoms with Gasteiger partial charge in [-0.25, -0.2) is 0 Å². The maximum absolute atomic E-state index is 9.00. The van der Waals surface area contributed by atoms with Crippen LogP contribution in [-0.2, 0) is 4.74 Å². The van der Waals surface area contributed by atoms with E-state index in [-0.39, 0.29) is 11.9 Å². The number of likely N-dealkylation sites (N-methyl/N-ethyl adjacent to an activating group) is 1. The molecule has 0 spiro atoms. The van der Waals surface area contributed by atoms with Crippen LogP contribution in [-0.4, -0.2) is 47.5 Å². The molecule has 21 heavy (non-hydrogen) atoms. The van der Waals surface area contributed by atoms with E-state index in [0.717, 1.165) is 30.7 Å². The SMILES string of the molecule is Cc1nnc(N(C)CC2CCCCO2)c(C(N)=NO)c1C. The van der Waals surface area contributed by atoms with Crippen LogP contribution in [0.1, 0.15) is 36.1 Å². The molecule has 7 nitrogen and oxygen atoms in total. The minimum Gasteiger partial charge on any atom is -0.409 e. The van der Waals surface area contributed by atoms with Crippen molar-refractivity contribution in [2.45, 2.75) is 39.2 Å². The van der Waals surface area contributed by atoms with Crippen molar-refractivity contribution in [3.05, 3.63) is 16.8 Å². The summed E-state index contributed by atoms with van der Waals surface area (Å²) < 4.78 is 5.75. The van der Waals surface area contributed by atoms with E-state index in [0.29, 0.717) is 17.9 Å². The lowest BCUT2D eigenvalue weighted by molar-refractivity contribution is 0.0215. The van der Waals surface area contributed by atoms with Gasteiger partial charge in [-0.05, 0) is 38.7 Å². The number of rotatable bonds is 4. The van der Waals surface area contributed by atoms with Crippen molar-refractivity contribution in [1.29, 1.82) is 0 Å². The molecule has 1 unspecified atom stereocenters. The fraction of sp³-hybridized carbons (Fsp3) is 0.643. The second-order valence-electron chi connectivity index (χ2n) is 5.46. The summed E-state index contributed by atoms with van der Waals surface area (Å²) in [5.41, 5.74) is 8.07. The summed E-state index contributed by atoms with van der Waals surface area (Å²) in [6.07, 6.45) is 3.54. The lowest BCUT2D eigenvalue weighted by Crippen LogP contribution is -2.35. The standard InChI is InChI=1S/C14H23N5O2/c1-9-10(2)16-17-14(12(9)13(15)18-20)19(3)8-11-6-4-5-7-21-11/h11,20H,4-8H2,1-3H3,(H2,15,18). The molecule has 1 aromatic rings. The maximum atomic E-state index is 9.00. The third kappa shape index (κ3) is 3.41.